The Morgan fingerprint density at radius 3 is 2.69 bits per heavy atom. The summed E-state index contributed by atoms with van der Waals surface area (Å²) in [4.78, 5) is 4.95. The third kappa shape index (κ3) is 2.83. The molecule has 0 N–H and O–H groups in total. The summed E-state index contributed by atoms with van der Waals surface area (Å²) in [6, 6.07) is 18.7. The van der Waals surface area contributed by atoms with Gasteiger partial charge >= 0.3 is 0 Å². The second kappa shape index (κ2) is 6.82. The lowest BCUT2D eigenvalue weighted by atomic mass is 10.0. The minimum absolute atomic E-state index is 0. The fraction of sp³-hybridized carbons (Fsp3) is 0.0526. The van der Waals surface area contributed by atoms with Crippen molar-refractivity contribution in [3.05, 3.63) is 77.6 Å². The molecule has 0 saturated carbocycles. The van der Waals surface area contributed by atoms with Crippen LogP contribution in [-0.4, -0.2) is 24.8 Å². The molecule has 7 heteroatoms. The van der Waals surface area contributed by atoms with Crippen LogP contribution in [0.5, 0.6) is 0 Å². The standard InChI is InChI=1S/C19H13N5S.ClH/c1-2-9-16-13(5-1)6-3-7-14(16)11-17-23-24-18(21-22-19(24)25-17)15-8-4-10-20-12-15;/h1-10,12H,11H2;1H. The van der Waals surface area contributed by atoms with Crippen LogP contribution >= 0.6 is 23.7 Å². The van der Waals surface area contributed by atoms with Crippen molar-refractivity contribution in [3.63, 3.8) is 0 Å². The number of rotatable bonds is 3. The Balaban J connectivity index is 0.00000168. The van der Waals surface area contributed by atoms with E-state index in [0.29, 0.717) is 0 Å². The molecule has 0 saturated heterocycles. The smallest absolute Gasteiger partial charge is 0.234 e. The number of hydrogen-bond donors (Lipinski definition) is 0. The van der Waals surface area contributed by atoms with Crippen LogP contribution in [0.2, 0.25) is 0 Å². The van der Waals surface area contributed by atoms with E-state index in [9.17, 15) is 0 Å². The number of halogens is 1. The third-order valence-electron chi connectivity index (χ3n) is 4.17. The minimum atomic E-state index is 0. The van der Waals surface area contributed by atoms with Gasteiger partial charge in [0.15, 0.2) is 5.82 Å². The minimum Gasteiger partial charge on any atom is -0.264 e. The fourth-order valence-electron chi connectivity index (χ4n) is 3.01. The molecular weight excluding hydrogens is 366 g/mol. The molecular formula is C19H14ClN5S. The Labute approximate surface area is 159 Å². The summed E-state index contributed by atoms with van der Waals surface area (Å²) in [5, 5.41) is 16.8. The van der Waals surface area contributed by atoms with E-state index in [-0.39, 0.29) is 12.4 Å². The lowest BCUT2D eigenvalue weighted by Gasteiger charge is -2.04. The van der Waals surface area contributed by atoms with Crippen LogP contribution < -0.4 is 0 Å². The van der Waals surface area contributed by atoms with E-state index in [4.69, 9.17) is 5.10 Å². The lowest BCUT2D eigenvalue weighted by Crippen LogP contribution is -1.94. The molecule has 0 amide bonds. The highest BCUT2D eigenvalue weighted by atomic mass is 35.5. The number of hydrogen-bond acceptors (Lipinski definition) is 5. The molecule has 128 valence electrons. The van der Waals surface area contributed by atoms with Crippen molar-refractivity contribution >= 4 is 39.5 Å². The topological polar surface area (TPSA) is 56.0 Å². The van der Waals surface area contributed by atoms with Crippen molar-refractivity contribution in [2.75, 3.05) is 0 Å². The Hall–Kier alpha value is -2.83. The van der Waals surface area contributed by atoms with Gasteiger partial charge in [0, 0.05) is 24.4 Å². The van der Waals surface area contributed by atoms with Crippen LogP contribution in [0.1, 0.15) is 10.6 Å². The summed E-state index contributed by atoms with van der Waals surface area (Å²) in [6.45, 7) is 0. The Bertz CT molecular complexity index is 1180. The first-order chi connectivity index (χ1) is 12.4. The summed E-state index contributed by atoms with van der Waals surface area (Å²) in [5.74, 6) is 0.725. The molecule has 0 aliphatic carbocycles. The molecule has 26 heavy (non-hydrogen) atoms. The van der Waals surface area contributed by atoms with Gasteiger partial charge in [-0.2, -0.15) is 9.61 Å². The van der Waals surface area contributed by atoms with Crippen LogP contribution in [0.15, 0.2) is 67.0 Å². The lowest BCUT2D eigenvalue weighted by molar-refractivity contribution is 0.918. The van der Waals surface area contributed by atoms with Crippen molar-refractivity contribution in [1.82, 2.24) is 24.8 Å². The van der Waals surface area contributed by atoms with E-state index < -0.39 is 0 Å². The zero-order valence-electron chi connectivity index (χ0n) is 13.6. The Morgan fingerprint density at radius 2 is 1.81 bits per heavy atom. The molecule has 5 rings (SSSR count). The van der Waals surface area contributed by atoms with Crippen molar-refractivity contribution < 1.29 is 0 Å². The summed E-state index contributed by atoms with van der Waals surface area (Å²) in [6.07, 6.45) is 4.30. The molecule has 0 spiro atoms. The van der Waals surface area contributed by atoms with Crippen molar-refractivity contribution in [2.24, 2.45) is 0 Å². The second-order valence-electron chi connectivity index (χ2n) is 5.77. The SMILES string of the molecule is Cl.c1cncc(-c2nnc3sc(Cc4cccc5ccccc45)nn23)c1. The van der Waals surface area contributed by atoms with Gasteiger partial charge in [0.05, 0.1) is 0 Å². The highest BCUT2D eigenvalue weighted by Gasteiger charge is 2.14. The number of fused-ring (bicyclic) bond motifs is 2. The van der Waals surface area contributed by atoms with E-state index in [1.54, 1.807) is 23.7 Å². The molecule has 0 bridgehead atoms. The van der Waals surface area contributed by atoms with Crippen molar-refractivity contribution in [3.8, 4) is 11.4 Å². The van der Waals surface area contributed by atoms with Crippen molar-refractivity contribution in [1.29, 1.82) is 0 Å². The van der Waals surface area contributed by atoms with Gasteiger partial charge in [0.1, 0.15) is 5.01 Å². The predicted molar refractivity (Wildman–Crippen MR) is 106 cm³/mol. The zero-order chi connectivity index (χ0) is 16.6. The van der Waals surface area contributed by atoms with E-state index in [0.717, 1.165) is 27.8 Å². The van der Waals surface area contributed by atoms with Gasteiger partial charge in [-0.25, -0.2) is 0 Å². The van der Waals surface area contributed by atoms with Gasteiger partial charge in [-0.1, -0.05) is 53.8 Å². The second-order valence-corrected chi connectivity index (χ2v) is 6.81. The predicted octanol–water partition coefficient (Wildman–Crippen LogP) is 4.41. The van der Waals surface area contributed by atoms with Crippen molar-refractivity contribution in [2.45, 2.75) is 6.42 Å². The summed E-state index contributed by atoms with van der Waals surface area (Å²) in [5.41, 5.74) is 2.18. The van der Waals surface area contributed by atoms with Crippen LogP contribution in [0.25, 0.3) is 27.1 Å². The summed E-state index contributed by atoms with van der Waals surface area (Å²) >= 11 is 1.57. The van der Waals surface area contributed by atoms with Gasteiger partial charge < -0.3 is 0 Å². The Kier molecular flexibility index (Phi) is 4.36. The number of nitrogens with zero attached hydrogens (tertiary/aromatic N) is 5. The molecule has 0 aliphatic heterocycles. The van der Waals surface area contributed by atoms with Gasteiger partial charge in [0.25, 0.3) is 0 Å². The quantitative estimate of drug-likeness (QED) is 0.465. The number of pyridine rings is 1. The molecule has 3 aromatic heterocycles. The first kappa shape index (κ1) is 16.6. The molecule has 2 aromatic carbocycles. The van der Waals surface area contributed by atoms with E-state index in [2.05, 4.69) is 57.6 Å². The maximum atomic E-state index is 4.73. The van der Waals surface area contributed by atoms with Gasteiger partial charge in [-0.15, -0.1) is 22.6 Å². The molecule has 5 nitrogen and oxygen atoms in total. The van der Waals surface area contributed by atoms with Gasteiger partial charge in [-0.3, -0.25) is 4.98 Å². The van der Waals surface area contributed by atoms with Crippen LogP contribution in [0.4, 0.5) is 0 Å². The molecule has 5 aromatic rings. The zero-order valence-corrected chi connectivity index (χ0v) is 15.2. The Morgan fingerprint density at radius 1 is 0.923 bits per heavy atom. The number of aromatic nitrogens is 5. The maximum absolute atomic E-state index is 4.73. The van der Waals surface area contributed by atoms with E-state index in [1.807, 2.05) is 16.6 Å². The highest BCUT2D eigenvalue weighted by Crippen LogP contribution is 2.25. The normalized spacial score (nSPS) is 10.9. The number of benzene rings is 2. The maximum Gasteiger partial charge on any atom is 0.234 e. The third-order valence-corrected chi connectivity index (χ3v) is 5.07. The van der Waals surface area contributed by atoms with Crippen LogP contribution in [0.3, 0.4) is 0 Å². The first-order valence-electron chi connectivity index (χ1n) is 7.97. The molecule has 0 fully saturated rings. The summed E-state index contributed by atoms with van der Waals surface area (Å²) < 4.78 is 1.81. The molecule has 3 heterocycles. The molecule has 0 atom stereocenters. The first-order valence-corrected chi connectivity index (χ1v) is 8.78. The highest BCUT2D eigenvalue weighted by molar-refractivity contribution is 7.16. The van der Waals surface area contributed by atoms with Gasteiger partial charge in [0.2, 0.25) is 4.96 Å². The van der Waals surface area contributed by atoms with E-state index >= 15 is 0 Å². The van der Waals surface area contributed by atoms with Gasteiger partial charge in [-0.05, 0) is 28.5 Å². The average molecular weight is 380 g/mol. The fourth-order valence-corrected chi connectivity index (χ4v) is 3.87. The molecule has 0 unspecified atom stereocenters. The molecule has 0 radical (unpaired) electrons. The largest absolute Gasteiger partial charge is 0.264 e. The summed E-state index contributed by atoms with van der Waals surface area (Å²) in [7, 11) is 0. The molecule has 0 aliphatic rings. The van der Waals surface area contributed by atoms with E-state index in [1.165, 1.54) is 16.3 Å². The van der Waals surface area contributed by atoms with Crippen LogP contribution in [-0.2, 0) is 6.42 Å². The monoisotopic (exact) mass is 379 g/mol. The van der Waals surface area contributed by atoms with Crippen LogP contribution in [0, 0.1) is 0 Å². The average Bonchev–Trinajstić information content (AvgIpc) is 3.23.